The molecule has 11 nitrogen and oxygen atoms in total. The second-order valence-corrected chi connectivity index (χ2v) is 9.45. The Morgan fingerprint density at radius 2 is 1.49 bits per heavy atom. The Hall–Kier alpha value is -5.58. The standard InChI is InChI=1S/C15H10O7.C15H14O4/c16-7-4-10(19)12-11(5-7)22-15(14(21)13(12)20)6-1-2-8(17)9(18)3-6;1-8(2)14-15(17-3)10-6-9-4-5-13(16)18-11(9)7-12(10)19-14/h1-5,16-19,21H;4-8H,1-3H3. The molecule has 3 aromatic carbocycles. The fourth-order valence-corrected chi connectivity index (χ4v) is 4.38. The van der Waals surface area contributed by atoms with Gasteiger partial charge in [0.2, 0.25) is 11.2 Å². The van der Waals surface area contributed by atoms with Crippen molar-refractivity contribution in [1.82, 2.24) is 0 Å². The Bertz CT molecular complexity index is 2060. The molecular formula is C30H24O11. The second-order valence-electron chi connectivity index (χ2n) is 9.45. The van der Waals surface area contributed by atoms with E-state index in [0.717, 1.165) is 46.5 Å². The number of hydrogen-bond donors (Lipinski definition) is 5. The van der Waals surface area contributed by atoms with Crippen molar-refractivity contribution in [3.63, 3.8) is 0 Å². The first kappa shape index (κ1) is 27.0. The number of phenols is 4. The maximum Gasteiger partial charge on any atom is 0.336 e. The van der Waals surface area contributed by atoms with Crippen LogP contribution in [-0.4, -0.2) is 32.6 Å². The summed E-state index contributed by atoms with van der Waals surface area (Å²) < 4.78 is 21.8. The maximum absolute atomic E-state index is 12.1. The largest absolute Gasteiger partial charge is 0.508 e. The first-order valence-electron chi connectivity index (χ1n) is 12.3. The zero-order valence-corrected chi connectivity index (χ0v) is 22.0. The van der Waals surface area contributed by atoms with Gasteiger partial charge in [0.05, 0.1) is 12.5 Å². The fraction of sp³-hybridized carbons (Fsp3) is 0.133. The Labute approximate surface area is 230 Å². The normalized spacial score (nSPS) is 11.2. The molecule has 0 saturated carbocycles. The van der Waals surface area contributed by atoms with E-state index in [0.29, 0.717) is 11.2 Å². The molecule has 0 spiro atoms. The number of aromatic hydroxyl groups is 5. The summed E-state index contributed by atoms with van der Waals surface area (Å²) in [6.45, 7) is 4.08. The molecule has 0 radical (unpaired) electrons. The molecule has 0 aliphatic carbocycles. The van der Waals surface area contributed by atoms with Gasteiger partial charge in [0.25, 0.3) is 0 Å². The van der Waals surface area contributed by atoms with E-state index in [4.69, 9.17) is 18.0 Å². The Morgan fingerprint density at radius 1 is 0.732 bits per heavy atom. The predicted octanol–water partition coefficient (Wildman–Crippen LogP) is 5.66. The lowest BCUT2D eigenvalue weighted by Gasteiger charge is -2.08. The van der Waals surface area contributed by atoms with Crippen molar-refractivity contribution in [2.75, 3.05) is 7.11 Å². The third-order valence-electron chi connectivity index (χ3n) is 6.31. The highest BCUT2D eigenvalue weighted by molar-refractivity contribution is 5.97. The first-order chi connectivity index (χ1) is 19.5. The summed E-state index contributed by atoms with van der Waals surface area (Å²) in [6.07, 6.45) is 0. The van der Waals surface area contributed by atoms with Gasteiger partial charge in [-0.3, -0.25) is 4.79 Å². The SMILES string of the molecule is COc1c(C(C)C)oc2cc3oc(=O)ccc3cc12.O=c1c(O)c(-c2ccc(O)c(O)c2)oc2cc(O)cc(O)c12. The molecule has 0 unspecified atom stereocenters. The summed E-state index contributed by atoms with van der Waals surface area (Å²) in [4.78, 5) is 23.4. The Balaban J connectivity index is 0.000000166. The van der Waals surface area contributed by atoms with E-state index in [1.807, 2.05) is 19.9 Å². The summed E-state index contributed by atoms with van der Waals surface area (Å²) in [5, 5.41) is 49.4. The van der Waals surface area contributed by atoms with Crippen LogP contribution in [0, 0.1) is 0 Å². The number of rotatable bonds is 3. The van der Waals surface area contributed by atoms with Crippen LogP contribution < -0.4 is 15.8 Å². The first-order valence-corrected chi connectivity index (χ1v) is 12.3. The lowest BCUT2D eigenvalue weighted by Crippen LogP contribution is -2.02. The third kappa shape index (κ3) is 4.84. The van der Waals surface area contributed by atoms with Crippen molar-refractivity contribution in [2.45, 2.75) is 19.8 Å². The van der Waals surface area contributed by atoms with Crippen molar-refractivity contribution in [3.8, 4) is 45.8 Å². The molecule has 210 valence electrons. The molecule has 0 bridgehead atoms. The van der Waals surface area contributed by atoms with E-state index in [9.17, 15) is 35.1 Å². The van der Waals surface area contributed by atoms with E-state index in [1.165, 1.54) is 12.1 Å². The monoisotopic (exact) mass is 560 g/mol. The molecule has 3 heterocycles. The smallest absolute Gasteiger partial charge is 0.336 e. The van der Waals surface area contributed by atoms with Gasteiger partial charge in [-0.1, -0.05) is 13.8 Å². The van der Waals surface area contributed by atoms with Crippen LogP contribution in [0.1, 0.15) is 25.5 Å². The molecule has 0 amide bonds. The van der Waals surface area contributed by atoms with Crippen molar-refractivity contribution < 1.29 is 43.5 Å². The quantitative estimate of drug-likeness (QED) is 0.133. The van der Waals surface area contributed by atoms with Crippen LogP contribution in [0.3, 0.4) is 0 Å². The second kappa shape index (κ2) is 10.2. The van der Waals surface area contributed by atoms with E-state index in [-0.39, 0.29) is 45.3 Å². The number of benzene rings is 3. The van der Waals surface area contributed by atoms with E-state index >= 15 is 0 Å². The molecule has 0 fully saturated rings. The maximum atomic E-state index is 12.1. The lowest BCUT2D eigenvalue weighted by molar-refractivity contribution is 0.390. The molecule has 0 aliphatic rings. The molecular weight excluding hydrogens is 536 g/mol. The topological polar surface area (TPSA) is 184 Å². The molecule has 3 aromatic heterocycles. The highest BCUT2D eigenvalue weighted by atomic mass is 16.5. The van der Waals surface area contributed by atoms with Crippen LogP contribution in [0.15, 0.2) is 77.4 Å². The van der Waals surface area contributed by atoms with Gasteiger partial charge in [-0.05, 0) is 30.3 Å². The highest BCUT2D eigenvalue weighted by Crippen LogP contribution is 2.39. The number of phenolic OH excluding ortho intramolecular Hbond substituents is 4. The van der Waals surface area contributed by atoms with Crippen molar-refractivity contribution in [3.05, 3.63) is 81.0 Å². The molecule has 41 heavy (non-hydrogen) atoms. The molecule has 6 aromatic rings. The van der Waals surface area contributed by atoms with Gasteiger partial charge in [-0.2, -0.15) is 0 Å². The van der Waals surface area contributed by atoms with Crippen LogP contribution in [0.5, 0.6) is 34.5 Å². The average Bonchev–Trinajstić information content (AvgIpc) is 3.28. The molecule has 5 N–H and O–H groups in total. The van der Waals surface area contributed by atoms with E-state index in [2.05, 4.69) is 0 Å². The summed E-state index contributed by atoms with van der Waals surface area (Å²) >= 11 is 0. The summed E-state index contributed by atoms with van der Waals surface area (Å²) in [5.74, 6) is -0.945. The van der Waals surface area contributed by atoms with Gasteiger partial charge in [-0.25, -0.2) is 4.79 Å². The number of hydrogen-bond acceptors (Lipinski definition) is 11. The summed E-state index contributed by atoms with van der Waals surface area (Å²) in [5.41, 5.74) is -0.0672. The fourth-order valence-electron chi connectivity index (χ4n) is 4.38. The van der Waals surface area contributed by atoms with Gasteiger partial charge in [0.15, 0.2) is 23.0 Å². The van der Waals surface area contributed by atoms with Crippen molar-refractivity contribution in [1.29, 1.82) is 0 Å². The molecule has 0 atom stereocenters. The average molecular weight is 561 g/mol. The van der Waals surface area contributed by atoms with E-state index in [1.54, 1.807) is 19.2 Å². The Kier molecular flexibility index (Phi) is 6.71. The Morgan fingerprint density at radius 3 is 2.17 bits per heavy atom. The number of methoxy groups -OCH3 is 1. The zero-order chi connectivity index (χ0) is 29.6. The van der Waals surface area contributed by atoms with E-state index < -0.39 is 22.7 Å². The van der Waals surface area contributed by atoms with Crippen molar-refractivity contribution in [2.24, 2.45) is 0 Å². The summed E-state index contributed by atoms with van der Waals surface area (Å²) in [7, 11) is 1.63. The number of ether oxygens (including phenoxy) is 1. The van der Waals surface area contributed by atoms with Crippen LogP contribution in [0.2, 0.25) is 0 Å². The van der Waals surface area contributed by atoms with Crippen molar-refractivity contribution >= 4 is 32.9 Å². The number of furan rings is 1. The van der Waals surface area contributed by atoms with Gasteiger partial charge in [0.1, 0.15) is 39.4 Å². The minimum absolute atomic E-state index is 0.134. The molecule has 0 aliphatic heterocycles. The van der Waals surface area contributed by atoms with Crippen LogP contribution in [0.4, 0.5) is 0 Å². The molecule has 6 rings (SSSR count). The predicted molar refractivity (Wildman–Crippen MR) is 149 cm³/mol. The molecule has 11 heteroatoms. The van der Waals surface area contributed by atoms with Crippen LogP contribution in [-0.2, 0) is 0 Å². The van der Waals surface area contributed by atoms with Crippen LogP contribution in [0.25, 0.3) is 44.2 Å². The van der Waals surface area contributed by atoms with Gasteiger partial charge < -0.3 is 43.5 Å². The van der Waals surface area contributed by atoms with Gasteiger partial charge >= 0.3 is 5.63 Å². The third-order valence-corrected chi connectivity index (χ3v) is 6.31. The zero-order valence-electron chi connectivity index (χ0n) is 22.0. The summed E-state index contributed by atoms with van der Waals surface area (Å²) in [6, 6.07) is 12.4. The lowest BCUT2D eigenvalue weighted by atomic mass is 10.1. The minimum atomic E-state index is -0.888. The van der Waals surface area contributed by atoms with Crippen LogP contribution >= 0.6 is 0 Å². The van der Waals surface area contributed by atoms with Gasteiger partial charge in [0, 0.05) is 41.1 Å². The highest BCUT2D eigenvalue weighted by Gasteiger charge is 2.20. The minimum Gasteiger partial charge on any atom is -0.508 e. The number of fused-ring (bicyclic) bond motifs is 3. The molecule has 0 saturated heterocycles. The van der Waals surface area contributed by atoms with Gasteiger partial charge in [-0.15, -0.1) is 0 Å².